The van der Waals surface area contributed by atoms with Crippen LogP contribution in [0.5, 0.6) is 5.75 Å². The summed E-state index contributed by atoms with van der Waals surface area (Å²) in [6.07, 6.45) is 3.44. The van der Waals surface area contributed by atoms with Crippen molar-refractivity contribution in [2.24, 2.45) is 0 Å². The van der Waals surface area contributed by atoms with Crippen molar-refractivity contribution in [1.29, 1.82) is 0 Å². The molecule has 1 amide bonds. The molecular weight excluding hydrogens is 304 g/mol. The smallest absolute Gasteiger partial charge is 0.272 e. The van der Waals surface area contributed by atoms with Gasteiger partial charge in [-0.3, -0.25) is 4.79 Å². The van der Waals surface area contributed by atoms with Crippen LogP contribution in [0.1, 0.15) is 37.2 Å². The largest absolute Gasteiger partial charge is 0.497 e. The van der Waals surface area contributed by atoms with E-state index in [1.807, 2.05) is 29.2 Å². The molecule has 0 aliphatic carbocycles. The number of nitrogens with one attached hydrogen (secondary N) is 1. The maximum Gasteiger partial charge on any atom is 0.272 e. The van der Waals surface area contributed by atoms with E-state index < -0.39 is 0 Å². The minimum atomic E-state index is -0.0604. The van der Waals surface area contributed by atoms with Crippen LogP contribution in [-0.2, 0) is 0 Å². The SMILES string of the molecule is CCCN(CCC)C(=O)c1ccnc(Nc2cccc(OC)c2)n1. The van der Waals surface area contributed by atoms with Crippen molar-refractivity contribution in [2.75, 3.05) is 25.5 Å². The number of methoxy groups -OCH3 is 1. The van der Waals surface area contributed by atoms with E-state index in [1.165, 1.54) is 0 Å². The fourth-order valence-corrected chi connectivity index (χ4v) is 2.38. The van der Waals surface area contributed by atoms with E-state index in [4.69, 9.17) is 4.74 Å². The summed E-state index contributed by atoms with van der Waals surface area (Å²) in [6.45, 7) is 5.59. The zero-order valence-corrected chi connectivity index (χ0v) is 14.5. The van der Waals surface area contributed by atoms with Crippen molar-refractivity contribution in [3.05, 3.63) is 42.2 Å². The molecule has 0 spiro atoms. The van der Waals surface area contributed by atoms with Crippen molar-refractivity contribution in [3.63, 3.8) is 0 Å². The third kappa shape index (κ3) is 4.68. The molecule has 2 rings (SSSR count). The lowest BCUT2D eigenvalue weighted by atomic mass is 10.3. The second-order valence-electron chi connectivity index (χ2n) is 5.41. The standard InChI is InChI=1S/C18H24N4O2/c1-4-11-22(12-5-2)17(23)16-9-10-19-18(21-16)20-14-7-6-8-15(13-14)24-3/h6-10,13H,4-5,11-12H2,1-3H3,(H,19,20,21). The van der Waals surface area contributed by atoms with Crippen LogP contribution in [0, 0.1) is 0 Å². The number of carbonyl (C=O) groups is 1. The lowest BCUT2D eigenvalue weighted by Crippen LogP contribution is -2.33. The first kappa shape index (κ1) is 17.7. The molecule has 128 valence electrons. The van der Waals surface area contributed by atoms with Crippen LogP contribution < -0.4 is 10.1 Å². The average Bonchev–Trinajstić information content (AvgIpc) is 2.61. The number of benzene rings is 1. The predicted octanol–water partition coefficient (Wildman–Crippen LogP) is 3.49. The van der Waals surface area contributed by atoms with Crippen molar-refractivity contribution >= 4 is 17.5 Å². The van der Waals surface area contributed by atoms with E-state index in [1.54, 1.807) is 19.4 Å². The molecule has 0 saturated carbocycles. The Bertz CT molecular complexity index is 670. The topological polar surface area (TPSA) is 67.4 Å². The van der Waals surface area contributed by atoms with Crippen LogP contribution in [0.3, 0.4) is 0 Å². The van der Waals surface area contributed by atoms with Crippen molar-refractivity contribution in [3.8, 4) is 5.75 Å². The molecule has 0 aliphatic rings. The summed E-state index contributed by atoms with van der Waals surface area (Å²) in [5.74, 6) is 1.07. The molecule has 1 heterocycles. The number of anilines is 2. The summed E-state index contributed by atoms with van der Waals surface area (Å²) >= 11 is 0. The average molecular weight is 328 g/mol. The number of amides is 1. The number of ether oxygens (including phenoxy) is 1. The summed E-state index contributed by atoms with van der Waals surface area (Å²) in [7, 11) is 1.62. The fourth-order valence-electron chi connectivity index (χ4n) is 2.38. The summed E-state index contributed by atoms with van der Waals surface area (Å²) < 4.78 is 5.20. The van der Waals surface area contributed by atoms with Gasteiger partial charge in [0, 0.05) is 31.0 Å². The molecular formula is C18H24N4O2. The first-order chi connectivity index (χ1) is 11.7. The number of carbonyl (C=O) groups excluding carboxylic acids is 1. The van der Waals surface area contributed by atoms with E-state index in [-0.39, 0.29) is 5.91 Å². The molecule has 0 radical (unpaired) electrons. The molecule has 0 unspecified atom stereocenters. The van der Waals surface area contributed by atoms with Gasteiger partial charge in [0.25, 0.3) is 5.91 Å². The maximum absolute atomic E-state index is 12.6. The summed E-state index contributed by atoms with van der Waals surface area (Å²) in [6, 6.07) is 9.12. The fraction of sp³-hybridized carbons (Fsp3) is 0.389. The Balaban J connectivity index is 2.16. The maximum atomic E-state index is 12.6. The zero-order valence-electron chi connectivity index (χ0n) is 14.5. The monoisotopic (exact) mass is 328 g/mol. The zero-order chi connectivity index (χ0) is 17.4. The summed E-state index contributed by atoms with van der Waals surface area (Å²) in [5, 5.41) is 3.10. The highest BCUT2D eigenvalue weighted by Crippen LogP contribution is 2.19. The molecule has 0 fully saturated rings. The van der Waals surface area contributed by atoms with Gasteiger partial charge >= 0.3 is 0 Å². The Hall–Kier alpha value is -2.63. The van der Waals surface area contributed by atoms with Crippen LogP contribution in [0.2, 0.25) is 0 Å². The van der Waals surface area contributed by atoms with Gasteiger partial charge in [-0.25, -0.2) is 9.97 Å². The molecule has 1 aromatic heterocycles. The van der Waals surface area contributed by atoms with Crippen LogP contribution >= 0.6 is 0 Å². The van der Waals surface area contributed by atoms with Gasteiger partial charge in [0.1, 0.15) is 11.4 Å². The van der Waals surface area contributed by atoms with Crippen molar-refractivity contribution in [1.82, 2.24) is 14.9 Å². The summed E-state index contributed by atoms with van der Waals surface area (Å²) in [4.78, 5) is 23.0. The van der Waals surface area contributed by atoms with E-state index >= 15 is 0 Å². The Labute approximate surface area is 142 Å². The van der Waals surface area contributed by atoms with Crippen LogP contribution in [0.15, 0.2) is 36.5 Å². The van der Waals surface area contributed by atoms with Crippen molar-refractivity contribution in [2.45, 2.75) is 26.7 Å². The van der Waals surface area contributed by atoms with Gasteiger partial charge in [0.05, 0.1) is 7.11 Å². The number of rotatable bonds is 8. The van der Waals surface area contributed by atoms with Crippen LogP contribution in [-0.4, -0.2) is 41.0 Å². The van der Waals surface area contributed by atoms with E-state index in [0.717, 1.165) is 37.4 Å². The number of aromatic nitrogens is 2. The van der Waals surface area contributed by atoms with Crippen LogP contribution in [0.25, 0.3) is 0 Å². The molecule has 24 heavy (non-hydrogen) atoms. The van der Waals surface area contributed by atoms with Gasteiger partial charge in [-0.1, -0.05) is 19.9 Å². The molecule has 1 aromatic carbocycles. The van der Waals surface area contributed by atoms with Gasteiger partial charge < -0.3 is 15.0 Å². The van der Waals surface area contributed by atoms with Gasteiger partial charge in [-0.2, -0.15) is 0 Å². The third-order valence-electron chi connectivity index (χ3n) is 3.47. The van der Waals surface area contributed by atoms with E-state index in [0.29, 0.717) is 11.6 Å². The highest BCUT2D eigenvalue weighted by atomic mass is 16.5. The number of hydrogen-bond donors (Lipinski definition) is 1. The van der Waals surface area contributed by atoms with Crippen LogP contribution in [0.4, 0.5) is 11.6 Å². The lowest BCUT2D eigenvalue weighted by molar-refractivity contribution is 0.0749. The Morgan fingerprint density at radius 1 is 1.21 bits per heavy atom. The molecule has 2 aromatic rings. The number of nitrogens with zero attached hydrogens (tertiary/aromatic N) is 3. The van der Waals surface area contributed by atoms with Gasteiger partial charge in [0.2, 0.25) is 5.95 Å². The quantitative estimate of drug-likeness (QED) is 0.803. The molecule has 6 nitrogen and oxygen atoms in total. The molecule has 6 heteroatoms. The lowest BCUT2D eigenvalue weighted by Gasteiger charge is -2.21. The van der Waals surface area contributed by atoms with E-state index in [9.17, 15) is 4.79 Å². The van der Waals surface area contributed by atoms with Gasteiger partial charge in [-0.15, -0.1) is 0 Å². The Kier molecular flexibility index (Phi) is 6.54. The first-order valence-electron chi connectivity index (χ1n) is 8.21. The predicted molar refractivity (Wildman–Crippen MR) is 94.8 cm³/mol. The second-order valence-corrected chi connectivity index (χ2v) is 5.41. The minimum absolute atomic E-state index is 0.0604. The summed E-state index contributed by atoms with van der Waals surface area (Å²) in [5.41, 5.74) is 1.20. The van der Waals surface area contributed by atoms with E-state index in [2.05, 4.69) is 29.1 Å². The molecule has 0 saturated heterocycles. The Morgan fingerprint density at radius 3 is 2.62 bits per heavy atom. The normalized spacial score (nSPS) is 10.3. The minimum Gasteiger partial charge on any atom is -0.497 e. The first-order valence-corrected chi connectivity index (χ1v) is 8.21. The molecule has 0 aliphatic heterocycles. The Morgan fingerprint density at radius 2 is 1.96 bits per heavy atom. The second kappa shape index (κ2) is 8.86. The number of hydrogen-bond acceptors (Lipinski definition) is 5. The highest BCUT2D eigenvalue weighted by Gasteiger charge is 2.16. The van der Waals surface area contributed by atoms with Gasteiger partial charge in [-0.05, 0) is 31.0 Å². The molecule has 0 atom stereocenters. The molecule has 1 N–H and O–H groups in total. The van der Waals surface area contributed by atoms with Crippen molar-refractivity contribution < 1.29 is 9.53 Å². The van der Waals surface area contributed by atoms with Gasteiger partial charge in [0.15, 0.2) is 0 Å². The highest BCUT2D eigenvalue weighted by molar-refractivity contribution is 5.92. The third-order valence-corrected chi connectivity index (χ3v) is 3.47. The molecule has 0 bridgehead atoms.